The highest BCUT2D eigenvalue weighted by Crippen LogP contribution is 2.29. The van der Waals surface area contributed by atoms with Crippen molar-refractivity contribution < 1.29 is 18.8 Å². The lowest BCUT2D eigenvalue weighted by atomic mass is 10.2. The van der Waals surface area contributed by atoms with Crippen LogP contribution in [0.5, 0.6) is 5.75 Å². The fourth-order valence-electron chi connectivity index (χ4n) is 1.65. The average molecular weight is 283 g/mol. The Hall–Kier alpha value is -1.41. The lowest BCUT2D eigenvalue weighted by Crippen LogP contribution is -2.18. The Kier molecular flexibility index (Phi) is 6.51. The van der Waals surface area contributed by atoms with Crippen LogP contribution in [-0.4, -0.2) is 25.3 Å². The molecule has 0 saturated carbocycles. The Bertz CT molecular complexity index is 445. The van der Waals surface area contributed by atoms with E-state index in [2.05, 4.69) is 0 Å². The first kappa shape index (κ1) is 15.6. The lowest BCUT2D eigenvalue weighted by molar-refractivity contribution is -0.146. The summed E-state index contributed by atoms with van der Waals surface area (Å²) in [6.45, 7) is 6.23. The molecule has 0 amide bonds. The molecule has 0 aliphatic heterocycles. The van der Waals surface area contributed by atoms with Gasteiger partial charge in [0.15, 0.2) is 11.9 Å². The smallest absolute Gasteiger partial charge is 0.381 e. The molecule has 5 heteroatoms. The summed E-state index contributed by atoms with van der Waals surface area (Å²) in [7, 11) is -1.67. The van der Waals surface area contributed by atoms with Gasteiger partial charge < -0.3 is 9.47 Å². The van der Waals surface area contributed by atoms with Crippen LogP contribution in [0.2, 0.25) is 0 Å². The molecule has 2 atom stereocenters. The van der Waals surface area contributed by atoms with E-state index in [9.17, 15) is 9.36 Å². The number of esters is 1. The number of ether oxygens (including phenoxy) is 2. The highest BCUT2D eigenvalue weighted by atomic mass is 31.1. The third kappa shape index (κ3) is 4.64. The van der Waals surface area contributed by atoms with Gasteiger partial charge in [-0.3, -0.25) is 4.79 Å². The molecule has 19 heavy (non-hydrogen) atoms. The quantitative estimate of drug-likeness (QED) is 0.570. The summed E-state index contributed by atoms with van der Waals surface area (Å²) in [5.41, 5.74) is 0. The zero-order chi connectivity index (χ0) is 14.3. The molecule has 0 N–H and O–H groups in total. The van der Waals surface area contributed by atoms with Crippen molar-refractivity contribution in [2.24, 2.45) is 5.92 Å². The van der Waals surface area contributed by atoms with Crippen molar-refractivity contribution >= 4 is 19.1 Å². The molecular formula is C14H20O4P+. The molecule has 1 aromatic rings. The molecule has 4 nitrogen and oxygen atoms in total. The number of benzene rings is 1. The molecule has 0 aliphatic rings. The van der Waals surface area contributed by atoms with E-state index < -0.39 is 7.80 Å². The molecule has 0 spiro atoms. The zero-order valence-corrected chi connectivity index (χ0v) is 12.5. The minimum atomic E-state index is -1.67. The average Bonchev–Trinajstić information content (AvgIpc) is 2.39. The topological polar surface area (TPSA) is 52.6 Å². The van der Waals surface area contributed by atoms with E-state index in [1.165, 1.54) is 0 Å². The molecule has 0 saturated heterocycles. The summed E-state index contributed by atoms with van der Waals surface area (Å²) in [5.74, 6) is -0.0554. The third-order valence-electron chi connectivity index (χ3n) is 2.56. The van der Waals surface area contributed by atoms with E-state index in [1.807, 2.05) is 19.1 Å². The molecule has 0 heterocycles. The van der Waals surface area contributed by atoms with Crippen molar-refractivity contribution in [1.82, 2.24) is 0 Å². The summed E-state index contributed by atoms with van der Waals surface area (Å²) in [6, 6.07) is 7.23. The molecular weight excluding hydrogens is 263 g/mol. The van der Waals surface area contributed by atoms with Crippen LogP contribution < -0.4 is 10.0 Å². The summed E-state index contributed by atoms with van der Waals surface area (Å²) in [6.07, 6.45) is 0.276. The summed E-state index contributed by atoms with van der Waals surface area (Å²) < 4.78 is 22.7. The van der Waals surface area contributed by atoms with Crippen molar-refractivity contribution in [3.05, 3.63) is 24.3 Å². The van der Waals surface area contributed by atoms with Crippen LogP contribution in [0.1, 0.15) is 20.8 Å². The number of carbonyl (C=O) groups is 1. The first-order chi connectivity index (χ1) is 9.10. The second-order valence-corrected chi connectivity index (χ2v) is 5.72. The molecule has 0 fully saturated rings. The van der Waals surface area contributed by atoms with Crippen LogP contribution in [0.15, 0.2) is 24.3 Å². The van der Waals surface area contributed by atoms with Gasteiger partial charge in [0, 0.05) is 0 Å². The first-order valence-electron chi connectivity index (χ1n) is 6.43. The van der Waals surface area contributed by atoms with E-state index in [1.54, 1.807) is 26.0 Å². The highest BCUT2D eigenvalue weighted by molar-refractivity contribution is 7.53. The zero-order valence-electron chi connectivity index (χ0n) is 11.6. The van der Waals surface area contributed by atoms with E-state index in [0.29, 0.717) is 24.3 Å². The van der Waals surface area contributed by atoms with E-state index >= 15 is 0 Å². The Morgan fingerprint density at radius 3 is 2.58 bits per heavy atom. The summed E-state index contributed by atoms with van der Waals surface area (Å²) in [4.78, 5) is 11.5. The maximum Gasteiger partial charge on any atom is 0.381 e. The van der Waals surface area contributed by atoms with Crippen molar-refractivity contribution in [1.29, 1.82) is 0 Å². The predicted octanol–water partition coefficient (Wildman–Crippen LogP) is 2.74. The van der Waals surface area contributed by atoms with Crippen LogP contribution in [0, 0.1) is 5.92 Å². The fourth-order valence-corrected chi connectivity index (χ4v) is 3.13. The van der Waals surface area contributed by atoms with E-state index in [-0.39, 0.29) is 18.0 Å². The number of para-hydroxylation sites is 1. The summed E-state index contributed by atoms with van der Waals surface area (Å²) in [5, 5.41) is 0.662. The van der Waals surface area contributed by atoms with Gasteiger partial charge in [0.05, 0.1) is 19.1 Å². The molecule has 1 aromatic carbocycles. The van der Waals surface area contributed by atoms with Gasteiger partial charge in [-0.2, -0.15) is 0 Å². The molecule has 0 bridgehead atoms. The molecule has 0 aliphatic carbocycles. The van der Waals surface area contributed by atoms with Gasteiger partial charge in [-0.05, 0) is 32.9 Å². The maximum atomic E-state index is 12.3. The number of hydrogen-bond donors (Lipinski definition) is 0. The van der Waals surface area contributed by atoms with E-state index in [4.69, 9.17) is 9.47 Å². The Balaban J connectivity index is 2.75. The minimum absolute atomic E-state index is 0.276. The molecule has 104 valence electrons. The molecule has 1 rings (SSSR count). The van der Waals surface area contributed by atoms with Gasteiger partial charge in [-0.25, -0.2) is 0 Å². The fraction of sp³-hybridized carbons (Fsp3) is 0.500. The minimum Gasteiger partial charge on any atom is -0.489 e. The SMILES string of the molecule is CCOC(=O)C(C)C[P+](=O)c1ccccc1OCC. The second kappa shape index (κ2) is 7.90. The first-order valence-corrected chi connectivity index (χ1v) is 7.87. The predicted molar refractivity (Wildman–Crippen MR) is 75.5 cm³/mol. The molecule has 0 radical (unpaired) electrons. The van der Waals surface area contributed by atoms with Crippen LogP contribution in [0.25, 0.3) is 0 Å². The van der Waals surface area contributed by atoms with Crippen LogP contribution in [0.3, 0.4) is 0 Å². The van der Waals surface area contributed by atoms with Crippen molar-refractivity contribution in [2.75, 3.05) is 19.4 Å². The standard InChI is InChI=1S/C14H20O4P/c1-4-17-12-8-6-7-9-13(12)19(16)10-11(3)14(15)18-5-2/h6-9,11H,4-5,10H2,1-3H3/q+1. The lowest BCUT2D eigenvalue weighted by Gasteiger charge is -2.06. The largest absolute Gasteiger partial charge is 0.489 e. The number of hydrogen-bond acceptors (Lipinski definition) is 4. The van der Waals surface area contributed by atoms with Crippen molar-refractivity contribution in [2.45, 2.75) is 20.8 Å². The van der Waals surface area contributed by atoms with Gasteiger partial charge in [0.1, 0.15) is 0 Å². The van der Waals surface area contributed by atoms with Gasteiger partial charge in [-0.15, -0.1) is 0 Å². The normalized spacial score (nSPS) is 12.7. The molecule has 0 aromatic heterocycles. The Morgan fingerprint density at radius 1 is 1.26 bits per heavy atom. The van der Waals surface area contributed by atoms with Gasteiger partial charge >= 0.3 is 13.8 Å². The van der Waals surface area contributed by atoms with Gasteiger partial charge in [0.2, 0.25) is 5.30 Å². The highest BCUT2D eigenvalue weighted by Gasteiger charge is 2.30. The Labute approximate surface area is 114 Å². The number of rotatable bonds is 7. The monoisotopic (exact) mass is 283 g/mol. The van der Waals surface area contributed by atoms with Crippen molar-refractivity contribution in [3.8, 4) is 5.75 Å². The third-order valence-corrected chi connectivity index (χ3v) is 4.35. The van der Waals surface area contributed by atoms with Gasteiger partial charge in [-0.1, -0.05) is 16.7 Å². The summed E-state index contributed by atoms with van der Waals surface area (Å²) >= 11 is 0. The number of carbonyl (C=O) groups excluding carboxylic acids is 1. The van der Waals surface area contributed by atoms with Crippen molar-refractivity contribution in [3.63, 3.8) is 0 Å². The molecule has 2 unspecified atom stereocenters. The van der Waals surface area contributed by atoms with E-state index in [0.717, 1.165) is 0 Å². The maximum absolute atomic E-state index is 12.3. The second-order valence-electron chi connectivity index (χ2n) is 4.11. The van der Waals surface area contributed by atoms with Crippen LogP contribution >= 0.6 is 7.80 Å². The van der Waals surface area contributed by atoms with Crippen LogP contribution in [-0.2, 0) is 14.1 Å². The Morgan fingerprint density at radius 2 is 1.95 bits per heavy atom. The van der Waals surface area contributed by atoms with Crippen LogP contribution in [0.4, 0.5) is 0 Å². The van der Waals surface area contributed by atoms with Gasteiger partial charge in [0.25, 0.3) is 0 Å².